The molecule has 37 heavy (non-hydrogen) atoms. The smallest absolute Gasteiger partial charge is 0.256 e. The third-order valence-corrected chi connectivity index (χ3v) is 8.42. The maximum Gasteiger partial charge on any atom is 0.256 e. The quantitative estimate of drug-likeness (QED) is 0.279. The fraction of sp³-hybridized carbons (Fsp3) is 0.269. The van der Waals surface area contributed by atoms with Gasteiger partial charge in [0.05, 0.1) is 27.5 Å². The molecule has 3 aromatic rings. The van der Waals surface area contributed by atoms with Crippen molar-refractivity contribution >= 4 is 50.7 Å². The fourth-order valence-corrected chi connectivity index (χ4v) is 6.35. The van der Waals surface area contributed by atoms with Crippen LogP contribution in [0.3, 0.4) is 0 Å². The summed E-state index contributed by atoms with van der Waals surface area (Å²) in [5, 5.41) is 16.3. The molecule has 2 aliphatic heterocycles. The Balaban J connectivity index is 1.51. The minimum Gasteiger partial charge on any atom is -0.493 e. The van der Waals surface area contributed by atoms with Crippen molar-refractivity contribution in [1.29, 1.82) is 0 Å². The summed E-state index contributed by atoms with van der Waals surface area (Å²) in [5.41, 5.74) is 1.25. The molecule has 0 radical (unpaired) electrons. The Morgan fingerprint density at radius 1 is 1.19 bits per heavy atom. The summed E-state index contributed by atoms with van der Waals surface area (Å²) in [4.78, 5) is 27.4. The predicted molar refractivity (Wildman–Crippen MR) is 144 cm³/mol. The molecular weight excluding hydrogens is 585 g/mol. The number of hydrogen-bond donors (Lipinski definition) is 1. The highest BCUT2D eigenvalue weighted by Crippen LogP contribution is 2.53. The molecule has 192 valence electrons. The second-order valence-electron chi connectivity index (χ2n) is 9.05. The number of benzene rings is 3. The summed E-state index contributed by atoms with van der Waals surface area (Å²) in [5.74, 6) is -0.134. The van der Waals surface area contributed by atoms with Crippen LogP contribution in [0.1, 0.15) is 22.6 Å². The summed E-state index contributed by atoms with van der Waals surface area (Å²) in [6.07, 6.45) is 0. The zero-order valence-corrected chi connectivity index (χ0v) is 22.9. The standard InChI is InChI=1S/C26H22BrCl2N3O5/c1-31-12-16(24(32(34)35)26(31)17-5-3-4-6-21(17)30-25(26)33)15-10-18(27)23(22(11-15)36-2)37-13-14-7-8-19(28)20(29)9-14/h3-11,16,24H,12-13H2,1-2H3,(H,30,33)/t16-,24-,26+/m0/s1. The van der Waals surface area contributed by atoms with Gasteiger partial charge >= 0.3 is 0 Å². The molecule has 1 fully saturated rings. The topological polar surface area (TPSA) is 93.9 Å². The molecule has 11 heteroatoms. The molecule has 0 unspecified atom stereocenters. The first kappa shape index (κ1) is 25.8. The maximum atomic E-state index is 13.3. The summed E-state index contributed by atoms with van der Waals surface area (Å²) < 4.78 is 12.2. The van der Waals surface area contributed by atoms with Crippen LogP contribution in [0, 0.1) is 10.1 Å². The summed E-state index contributed by atoms with van der Waals surface area (Å²) in [6.45, 7) is 0.501. The lowest BCUT2D eigenvalue weighted by molar-refractivity contribution is -0.534. The number of nitro groups is 1. The zero-order valence-electron chi connectivity index (χ0n) is 19.8. The second-order valence-corrected chi connectivity index (χ2v) is 10.7. The number of fused-ring (bicyclic) bond motifs is 2. The number of rotatable bonds is 6. The van der Waals surface area contributed by atoms with Gasteiger partial charge in [0.1, 0.15) is 6.61 Å². The third-order valence-electron chi connectivity index (χ3n) is 7.09. The van der Waals surface area contributed by atoms with Gasteiger partial charge in [0.15, 0.2) is 17.0 Å². The van der Waals surface area contributed by atoms with E-state index in [1.807, 2.05) is 6.07 Å². The van der Waals surface area contributed by atoms with Gasteiger partial charge in [0, 0.05) is 22.7 Å². The first-order chi connectivity index (χ1) is 17.7. The van der Waals surface area contributed by atoms with E-state index >= 15 is 0 Å². The van der Waals surface area contributed by atoms with Crippen molar-refractivity contribution in [3.05, 3.63) is 95.9 Å². The molecule has 0 bridgehead atoms. The zero-order chi connectivity index (χ0) is 26.5. The van der Waals surface area contributed by atoms with E-state index in [1.165, 1.54) is 7.11 Å². The highest BCUT2D eigenvalue weighted by molar-refractivity contribution is 9.10. The van der Waals surface area contributed by atoms with Gasteiger partial charge in [-0.2, -0.15) is 0 Å². The number of ether oxygens (including phenoxy) is 2. The average Bonchev–Trinajstić information content (AvgIpc) is 3.34. The molecule has 8 nitrogen and oxygen atoms in total. The van der Waals surface area contributed by atoms with E-state index in [0.717, 1.165) is 5.56 Å². The van der Waals surface area contributed by atoms with Crippen molar-refractivity contribution in [2.24, 2.45) is 0 Å². The van der Waals surface area contributed by atoms with Gasteiger partial charge in [0.2, 0.25) is 0 Å². The van der Waals surface area contributed by atoms with Crippen molar-refractivity contribution in [2.45, 2.75) is 24.1 Å². The van der Waals surface area contributed by atoms with Gasteiger partial charge in [-0.25, -0.2) is 0 Å². The highest BCUT2D eigenvalue weighted by atomic mass is 79.9. The Labute approximate surface area is 231 Å². The van der Waals surface area contributed by atoms with Crippen molar-refractivity contribution in [2.75, 3.05) is 26.0 Å². The van der Waals surface area contributed by atoms with Crippen LogP contribution in [0.5, 0.6) is 11.5 Å². The number of carbonyl (C=O) groups excluding carboxylic acids is 1. The minimum absolute atomic E-state index is 0.203. The largest absolute Gasteiger partial charge is 0.493 e. The number of hydrogen-bond acceptors (Lipinski definition) is 6. The van der Waals surface area contributed by atoms with Crippen molar-refractivity contribution in [1.82, 2.24) is 4.90 Å². The highest BCUT2D eigenvalue weighted by Gasteiger charge is 2.68. The molecule has 1 amide bonds. The number of anilines is 1. The van der Waals surface area contributed by atoms with Crippen LogP contribution in [-0.4, -0.2) is 42.5 Å². The third kappa shape index (κ3) is 4.14. The van der Waals surface area contributed by atoms with Crippen LogP contribution < -0.4 is 14.8 Å². The lowest BCUT2D eigenvalue weighted by atomic mass is 9.79. The molecule has 3 atom stereocenters. The number of methoxy groups -OCH3 is 1. The van der Waals surface area contributed by atoms with E-state index in [1.54, 1.807) is 60.5 Å². The maximum absolute atomic E-state index is 13.3. The molecular formula is C26H22BrCl2N3O5. The summed E-state index contributed by atoms with van der Waals surface area (Å²) in [6, 6.07) is 14.7. The first-order valence-electron chi connectivity index (χ1n) is 11.4. The van der Waals surface area contributed by atoms with E-state index in [-0.39, 0.29) is 11.5 Å². The Morgan fingerprint density at radius 2 is 1.95 bits per heavy atom. The Bertz CT molecular complexity index is 1420. The van der Waals surface area contributed by atoms with Gasteiger partial charge in [-0.1, -0.05) is 47.5 Å². The molecule has 2 aliphatic rings. The van der Waals surface area contributed by atoms with Gasteiger partial charge in [0.25, 0.3) is 11.9 Å². The number of halogens is 3. The fourth-order valence-electron chi connectivity index (χ4n) is 5.46. The average molecular weight is 607 g/mol. The molecule has 2 heterocycles. The van der Waals surface area contributed by atoms with E-state index in [9.17, 15) is 14.9 Å². The normalized spacial score (nSPS) is 22.7. The van der Waals surface area contributed by atoms with E-state index < -0.39 is 23.4 Å². The monoisotopic (exact) mass is 605 g/mol. The SMILES string of the molecule is COc1cc([C@@H]2CN(C)[C@@]3(C(=O)Nc4ccccc43)[C@H]2[N+](=O)[O-])cc(Br)c1OCc1ccc(Cl)c(Cl)c1. The number of carbonyl (C=O) groups is 1. The second kappa shape index (κ2) is 9.79. The molecule has 0 aromatic heterocycles. The van der Waals surface area contributed by atoms with Crippen molar-refractivity contribution in [3.63, 3.8) is 0 Å². The predicted octanol–water partition coefficient (Wildman–Crippen LogP) is 5.87. The van der Waals surface area contributed by atoms with Crippen LogP contribution in [0.4, 0.5) is 5.69 Å². The van der Waals surface area contributed by atoms with E-state index in [2.05, 4.69) is 21.2 Å². The van der Waals surface area contributed by atoms with Crippen LogP contribution in [0.2, 0.25) is 10.0 Å². The Hall–Kier alpha value is -2.85. The number of amides is 1. The lowest BCUT2D eigenvalue weighted by Gasteiger charge is -2.30. The number of likely N-dealkylation sites (N-methyl/N-ethyl adjacent to an activating group) is 1. The molecule has 3 aromatic carbocycles. The number of nitrogens with zero attached hydrogens (tertiary/aromatic N) is 2. The number of nitrogens with one attached hydrogen (secondary N) is 1. The molecule has 0 aliphatic carbocycles. The van der Waals surface area contributed by atoms with Crippen LogP contribution >= 0.6 is 39.1 Å². The molecule has 1 N–H and O–H groups in total. The minimum atomic E-state index is -1.42. The van der Waals surface area contributed by atoms with E-state index in [0.29, 0.717) is 49.4 Å². The van der Waals surface area contributed by atoms with Crippen LogP contribution in [-0.2, 0) is 16.9 Å². The summed E-state index contributed by atoms with van der Waals surface area (Å²) in [7, 11) is 3.25. The molecule has 5 rings (SSSR count). The van der Waals surface area contributed by atoms with Crippen LogP contribution in [0.15, 0.2) is 59.1 Å². The van der Waals surface area contributed by atoms with Gasteiger partial charge < -0.3 is 14.8 Å². The van der Waals surface area contributed by atoms with Crippen molar-refractivity contribution < 1.29 is 19.2 Å². The van der Waals surface area contributed by atoms with Crippen molar-refractivity contribution in [3.8, 4) is 11.5 Å². The van der Waals surface area contributed by atoms with Gasteiger partial charge in [-0.3, -0.25) is 19.8 Å². The summed E-state index contributed by atoms with van der Waals surface area (Å²) >= 11 is 15.7. The first-order valence-corrected chi connectivity index (χ1v) is 12.9. The number of likely N-dealkylation sites (tertiary alicyclic amines) is 1. The molecule has 0 saturated carbocycles. The van der Waals surface area contributed by atoms with Gasteiger partial charge in [-0.05, 0) is 64.4 Å². The van der Waals surface area contributed by atoms with Crippen LogP contribution in [0.25, 0.3) is 0 Å². The Kier molecular flexibility index (Phi) is 6.83. The molecule has 1 spiro atoms. The number of para-hydroxylation sites is 1. The van der Waals surface area contributed by atoms with E-state index in [4.69, 9.17) is 32.7 Å². The Morgan fingerprint density at radius 3 is 2.65 bits per heavy atom. The lowest BCUT2D eigenvalue weighted by Crippen LogP contribution is -2.54. The molecule has 1 saturated heterocycles. The van der Waals surface area contributed by atoms with Gasteiger partial charge in [-0.15, -0.1) is 0 Å².